The summed E-state index contributed by atoms with van der Waals surface area (Å²) in [5, 5.41) is 8.65. The van der Waals surface area contributed by atoms with Crippen LogP contribution in [0.3, 0.4) is 0 Å². The molecule has 4 nitrogen and oxygen atoms in total. The molecule has 0 aliphatic carbocycles. The number of benzene rings is 1. The highest BCUT2D eigenvalue weighted by molar-refractivity contribution is 7.98. The van der Waals surface area contributed by atoms with E-state index >= 15 is 0 Å². The molecule has 1 atom stereocenters. The van der Waals surface area contributed by atoms with E-state index in [9.17, 15) is 17.2 Å². The summed E-state index contributed by atoms with van der Waals surface area (Å²) < 4.78 is 53.8. The van der Waals surface area contributed by atoms with Crippen LogP contribution in [0.15, 0.2) is 17.0 Å². The van der Waals surface area contributed by atoms with Crippen molar-refractivity contribution >= 4 is 21.8 Å². The quantitative estimate of drug-likeness (QED) is 0.797. The summed E-state index contributed by atoms with van der Waals surface area (Å²) in [4.78, 5) is -0.710. The van der Waals surface area contributed by atoms with Crippen LogP contribution in [0.2, 0.25) is 0 Å². The minimum Gasteiger partial charge on any atom is -0.384 e. The normalized spacial score (nSPS) is 12.6. The predicted molar refractivity (Wildman–Crippen MR) is 78.5 cm³/mol. The Morgan fingerprint density at radius 2 is 2.10 bits per heavy atom. The molecule has 0 fully saturated rings. The van der Waals surface area contributed by atoms with Gasteiger partial charge in [-0.2, -0.15) is 11.8 Å². The van der Waals surface area contributed by atoms with E-state index in [1.807, 2.05) is 0 Å². The Morgan fingerprint density at radius 3 is 2.67 bits per heavy atom. The summed E-state index contributed by atoms with van der Waals surface area (Å²) in [6, 6.07) is 0.880. The van der Waals surface area contributed by atoms with E-state index in [2.05, 4.69) is 16.6 Å². The van der Waals surface area contributed by atoms with Crippen LogP contribution in [-0.2, 0) is 10.0 Å². The lowest BCUT2D eigenvalue weighted by Crippen LogP contribution is -2.35. The first-order valence-electron chi connectivity index (χ1n) is 5.92. The first-order chi connectivity index (χ1) is 9.81. The van der Waals surface area contributed by atoms with Crippen molar-refractivity contribution in [2.45, 2.75) is 17.9 Å². The molecule has 0 heterocycles. The Kier molecular flexibility index (Phi) is 6.61. The minimum absolute atomic E-state index is 0.328. The smallest absolute Gasteiger partial charge is 0.245 e. The first kappa shape index (κ1) is 17.9. The van der Waals surface area contributed by atoms with Crippen molar-refractivity contribution in [2.24, 2.45) is 0 Å². The highest BCUT2D eigenvalue weighted by atomic mass is 32.2. The molecule has 1 rings (SSSR count). The van der Waals surface area contributed by atoms with E-state index in [1.165, 1.54) is 11.8 Å². The lowest BCUT2D eigenvalue weighted by Gasteiger charge is -2.14. The van der Waals surface area contributed by atoms with Crippen molar-refractivity contribution in [1.29, 1.82) is 0 Å². The van der Waals surface area contributed by atoms with Gasteiger partial charge >= 0.3 is 0 Å². The molecule has 0 amide bonds. The van der Waals surface area contributed by atoms with Crippen LogP contribution in [0.25, 0.3) is 0 Å². The molecular weight excluding hydrogens is 320 g/mol. The number of rotatable bonds is 5. The van der Waals surface area contributed by atoms with E-state index in [-0.39, 0.29) is 5.56 Å². The third kappa shape index (κ3) is 4.97. The number of hydrogen-bond acceptors (Lipinski definition) is 4. The second kappa shape index (κ2) is 7.75. The molecule has 0 radical (unpaired) electrons. The van der Waals surface area contributed by atoms with Gasteiger partial charge in [0.1, 0.15) is 23.1 Å². The van der Waals surface area contributed by atoms with Crippen molar-refractivity contribution in [3.05, 3.63) is 29.3 Å². The summed E-state index contributed by atoms with van der Waals surface area (Å²) in [7, 11) is -4.18. The van der Waals surface area contributed by atoms with E-state index in [0.29, 0.717) is 11.8 Å². The largest absolute Gasteiger partial charge is 0.384 e. The molecule has 116 valence electrons. The Hall–Kier alpha value is -1.14. The van der Waals surface area contributed by atoms with Crippen molar-refractivity contribution < 1.29 is 22.3 Å². The third-order valence-electron chi connectivity index (χ3n) is 2.35. The fourth-order valence-electron chi connectivity index (χ4n) is 1.67. The lowest BCUT2D eigenvalue weighted by atomic mass is 10.2. The van der Waals surface area contributed by atoms with Crippen molar-refractivity contribution in [3.8, 4) is 11.8 Å². The second-order valence-electron chi connectivity index (χ2n) is 4.20. The van der Waals surface area contributed by atoms with Gasteiger partial charge in [-0.15, -0.1) is 0 Å². The average molecular weight is 335 g/mol. The van der Waals surface area contributed by atoms with Gasteiger partial charge in [-0.25, -0.2) is 21.9 Å². The Morgan fingerprint density at radius 1 is 1.43 bits per heavy atom. The van der Waals surface area contributed by atoms with Gasteiger partial charge in [0.05, 0.1) is 5.56 Å². The van der Waals surface area contributed by atoms with Gasteiger partial charge in [0.2, 0.25) is 10.0 Å². The molecule has 1 aromatic carbocycles. The van der Waals surface area contributed by atoms with Gasteiger partial charge in [-0.3, -0.25) is 0 Å². The predicted octanol–water partition coefficient (Wildman–Crippen LogP) is 1.34. The number of hydrogen-bond donors (Lipinski definition) is 2. The van der Waals surface area contributed by atoms with E-state index < -0.39 is 39.2 Å². The number of sulfonamides is 1. The topological polar surface area (TPSA) is 66.4 Å². The van der Waals surface area contributed by atoms with Gasteiger partial charge in [-0.1, -0.05) is 11.8 Å². The van der Waals surface area contributed by atoms with E-state index in [4.69, 9.17) is 5.11 Å². The summed E-state index contributed by atoms with van der Waals surface area (Å²) in [6.07, 6.45) is 1.81. The molecule has 21 heavy (non-hydrogen) atoms. The zero-order valence-corrected chi connectivity index (χ0v) is 13.1. The van der Waals surface area contributed by atoms with Crippen molar-refractivity contribution in [3.63, 3.8) is 0 Å². The molecule has 0 saturated heterocycles. The van der Waals surface area contributed by atoms with Gasteiger partial charge in [0, 0.05) is 17.9 Å². The highest BCUT2D eigenvalue weighted by Crippen LogP contribution is 2.21. The molecule has 0 spiro atoms. The number of nitrogens with one attached hydrogen (secondary N) is 1. The maximum atomic E-state index is 13.9. The van der Waals surface area contributed by atoms with Crippen LogP contribution in [-0.4, -0.2) is 38.2 Å². The molecule has 2 N–H and O–H groups in total. The zero-order chi connectivity index (χ0) is 16.0. The minimum atomic E-state index is -4.18. The van der Waals surface area contributed by atoms with Crippen molar-refractivity contribution in [1.82, 2.24) is 4.72 Å². The highest BCUT2D eigenvalue weighted by Gasteiger charge is 2.25. The van der Waals surface area contributed by atoms with Crippen LogP contribution < -0.4 is 4.72 Å². The van der Waals surface area contributed by atoms with E-state index in [1.54, 1.807) is 13.2 Å². The molecule has 1 unspecified atom stereocenters. The molecule has 0 saturated carbocycles. The first-order valence-corrected chi connectivity index (χ1v) is 8.79. The van der Waals surface area contributed by atoms with Crippen LogP contribution >= 0.6 is 11.8 Å². The number of aliphatic hydroxyl groups is 1. The molecule has 8 heteroatoms. The lowest BCUT2D eigenvalue weighted by molar-refractivity contribution is 0.350. The van der Waals surface area contributed by atoms with Gasteiger partial charge in [-0.05, 0) is 19.2 Å². The summed E-state index contributed by atoms with van der Waals surface area (Å²) in [6.45, 7) is 1.09. The van der Waals surface area contributed by atoms with Crippen LogP contribution in [0.4, 0.5) is 8.78 Å². The fourth-order valence-corrected chi connectivity index (χ4v) is 3.80. The number of halogens is 2. The van der Waals surface area contributed by atoms with Gasteiger partial charge < -0.3 is 5.11 Å². The zero-order valence-electron chi connectivity index (χ0n) is 11.5. The van der Waals surface area contributed by atoms with E-state index in [0.717, 1.165) is 6.07 Å². The number of aliphatic hydroxyl groups excluding tert-OH is 1. The third-order valence-corrected chi connectivity index (χ3v) is 4.85. The van der Waals surface area contributed by atoms with Gasteiger partial charge in [0.15, 0.2) is 0 Å². The van der Waals surface area contributed by atoms with Gasteiger partial charge in [0.25, 0.3) is 0 Å². The molecule has 0 aliphatic heterocycles. The Labute approximate surface area is 127 Å². The second-order valence-corrected chi connectivity index (χ2v) is 6.76. The van der Waals surface area contributed by atoms with Crippen LogP contribution in [0.5, 0.6) is 0 Å². The Balaban J connectivity index is 3.33. The maximum absolute atomic E-state index is 13.9. The average Bonchev–Trinajstić information content (AvgIpc) is 2.34. The standard InChI is InChI=1S/C13H15F2NO3S2/c1-9(8-20-2)16-21(18,19)13-10(4-3-5-17)6-11(14)7-12(13)15/h6-7,9,16-17H,5,8H2,1-2H3. The van der Waals surface area contributed by atoms with Crippen LogP contribution in [0.1, 0.15) is 12.5 Å². The summed E-state index contributed by atoms with van der Waals surface area (Å²) in [5.74, 6) is 2.78. The SMILES string of the molecule is CSCC(C)NS(=O)(=O)c1c(F)cc(F)cc1C#CCO. The number of thioether (sulfide) groups is 1. The Bertz CT molecular complexity index is 666. The molecule has 0 aliphatic rings. The van der Waals surface area contributed by atoms with Crippen molar-refractivity contribution in [2.75, 3.05) is 18.6 Å². The molecule has 0 bridgehead atoms. The molecule has 0 aromatic heterocycles. The monoisotopic (exact) mass is 335 g/mol. The van der Waals surface area contributed by atoms with Crippen LogP contribution in [0, 0.1) is 23.5 Å². The molecule has 1 aromatic rings. The maximum Gasteiger partial charge on any atom is 0.245 e. The summed E-state index contributed by atoms with van der Waals surface area (Å²) >= 11 is 1.43. The summed E-state index contributed by atoms with van der Waals surface area (Å²) in [5.41, 5.74) is -0.328. The fraction of sp³-hybridized carbons (Fsp3) is 0.385. The molecular formula is C13H15F2NO3S2.